The molecule has 5 nitrogen and oxygen atoms in total. The van der Waals surface area contributed by atoms with E-state index in [0.717, 1.165) is 6.07 Å². The molecule has 1 N–H and O–H groups in total. The monoisotopic (exact) mass is 272 g/mol. The molecule has 1 aromatic carbocycles. The van der Waals surface area contributed by atoms with Crippen LogP contribution in [-0.4, -0.2) is 44.6 Å². The number of methoxy groups -OCH3 is 1. The molecule has 0 bridgehead atoms. The zero-order valence-corrected chi connectivity index (χ0v) is 10.7. The van der Waals surface area contributed by atoms with E-state index in [-0.39, 0.29) is 12.2 Å². The largest absolute Gasteiger partial charge is 0.478 e. The van der Waals surface area contributed by atoms with Crippen molar-refractivity contribution in [1.29, 1.82) is 0 Å². The van der Waals surface area contributed by atoms with Gasteiger partial charge in [-0.3, -0.25) is 0 Å². The summed E-state index contributed by atoms with van der Waals surface area (Å²) < 4.78 is 28.6. The molecule has 0 aliphatic heterocycles. The number of ether oxygens (including phenoxy) is 3. The van der Waals surface area contributed by atoms with Crippen LogP contribution >= 0.6 is 0 Å². The Balaban J connectivity index is 2.26. The molecule has 0 saturated heterocycles. The summed E-state index contributed by atoms with van der Waals surface area (Å²) >= 11 is 0. The topological polar surface area (TPSA) is 65.0 Å². The second-order valence-corrected chi connectivity index (χ2v) is 3.78. The van der Waals surface area contributed by atoms with Gasteiger partial charge in [0.15, 0.2) is 0 Å². The van der Waals surface area contributed by atoms with Crippen molar-refractivity contribution < 1.29 is 28.5 Å². The van der Waals surface area contributed by atoms with Crippen molar-refractivity contribution in [3.05, 3.63) is 35.1 Å². The Bertz CT molecular complexity index is 408. The molecule has 0 radical (unpaired) electrons. The zero-order valence-electron chi connectivity index (χ0n) is 10.7. The highest BCUT2D eigenvalue weighted by atomic mass is 19.1. The van der Waals surface area contributed by atoms with Gasteiger partial charge in [-0.2, -0.15) is 0 Å². The van der Waals surface area contributed by atoms with Crippen molar-refractivity contribution in [1.82, 2.24) is 0 Å². The predicted molar refractivity (Wildman–Crippen MR) is 65.7 cm³/mol. The summed E-state index contributed by atoms with van der Waals surface area (Å²) in [5, 5.41) is 8.68. The third-order valence-electron chi connectivity index (χ3n) is 2.34. The maximum atomic E-state index is 13.3. The molecule has 0 spiro atoms. The molecular weight excluding hydrogens is 255 g/mol. The average Bonchev–Trinajstić information content (AvgIpc) is 2.37. The number of carbonyl (C=O) groups is 1. The number of hydrogen-bond donors (Lipinski definition) is 1. The molecule has 0 atom stereocenters. The van der Waals surface area contributed by atoms with Gasteiger partial charge in [0, 0.05) is 7.11 Å². The highest BCUT2D eigenvalue weighted by molar-refractivity contribution is 5.87. The first-order valence-corrected chi connectivity index (χ1v) is 5.81. The summed E-state index contributed by atoms with van der Waals surface area (Å²) in [6.07, 6.45) is 0. The Kier molecular flexibility index (Phi) is 7.02. The van der Waals surface area contributed by atoms with E-state index in [4.69, 9.17) is 19.3 Å². The summed E-state index contributed by atoms with van der Waals surface area (Å²) in [6.45, 7) is 2.05. The zero-order chi connectivity index (χ0) is 14.1. The van der Waals surface area contributed by atoms with Crippen LogP contribution in [0.25, 0.3) is 0 Å². The minimum atomic E-state index is -1.28. The van der Waals surface area contributed by atoms with Gasteiger partial charge in [0.25, 0.3) is 0 Å². The van der Waals surface area contributed by atoms with E-state index in [2.05, 4.69) is 0 Å². The SMILES string of the molecule is COCCOCCOCc1ccc(C(=O)O)c(F)c1. The van der Waals surface area contributed by atoms with E-state index in [1.165, 1.54) is 12.1 Å². The molecule has 0 amide bonds. The Morgan fingerprint density at radius 2 is 1.89 bits per heavy atom. The normalized spacial score (nSPS) is 10.6. The lowest BCUT2D eigenvalue weighted by Gasteiger charge is -2.06. The van der Waals surface area contributed by atoms with Crippen molar-refractivity contribution in [2.75, 3.05) is 33.5 Å². The standard InChI is InChI=1S/C13H17FO5/c1-17-4-5-18-6-7-19-9-10-2-3-11(13(15)16)12(14)8-10/h2-3,8H,4-7,9H2,1H3,(H,15,16). The molecule has 0 saturated carbocycles. The van der Waals surface area contributed by atoms with Crippen LogP contribution in [-0.2, 0) is 20.8 Å². The summed E-state index contributed by atoms with van der Waals surface area (Å²) in [5.41, 5.74) is 0.242. The number of halogens is 1. The molecule has 0 aliphatic carbocycles. The molecule has 19 heavy (non-hydrogen) atoms. The van der Waals surface area contributed by atoms with Crippen molar-refractivity contribution in [2.24, 2.45) is 0 Å². The third kappa shape index (κ3) is 5.78. The van der Waals surface area contributed by atoms with Crippen LogP contribution in [0.5, 0.6) is 0 Å². The van der Waals surface area contributed by atoms with Gasteiger partial charge in [-0.15, -0.1) is 0 Å². The minimum absolute atomic E-state index is 0.213. The number of rotatable bonds is 9. The van der Waals surface area contributed by atoms with Crippen LogP contribution in [0, 0.1) is 5.82 Å². The van der Waals surface area contributed by atoms with E-state index in [9.17, 15) is 9.18 Å². The summed E-state index contributed by atoms with van der Waals surface area (Å²) in [5.74, 6) is -2.04. The first kappa shape index (κ1) is 15.6. The van der Waals surface area contributed by atoms with Crippen molar-refractivity contribution >= 4 is 5.97 Å². The lowest BCUT2D eigenvalue weighted by atomic mass is 10.1. The van der Waals surface area contributed by atoms with E-state index >= 15 is 0 Å². The van der Waals surface area contributed by atoms with Crippen LogP contribution in [0.3, 0.4) is 0 Å². The summed E-state index contributed by atoms with van der Waals surface area (Å²) in [4.78, 5) is 10.6. The maximum Gasteiger partial charge on any atom is 0.338 e. The molecule has 0 aromatic heterocycles. The lowest BCUT2D eigenvalue weighted by Crippen LogP contribution is -2.08. The second kappa shape index (κ2) is 8.58. The number of carboxylic acid groups (broad SMARTS) is 1. The van der Waals surface area contributed by atoms with Crippen molar-refractivity contribution in [3.63, 3.8) is 0 Å². The smallest absolute Gasteiger partial charge is 0.338 e. The second-order valence-electron chi connectivity index (χ2n) is 3.78. The van der Waals surface area contributed by atoms with Gasteiger partial charge in [-0.1, -0.05) is 6.07 Å². The quantitative estimate of drug-likeness (QED) is 0.693. The van der Waals surface area contributed by atoms with Gasteiger partial charge in [0.1, 0.15) is 5.82 Å². The highest BCUT2D eigenvalue weighted by Gasteiger charge is 2.10. The average molecular weight is 272 g/mol. The summed E-state index contributed by atoms with van der Waals surface area (Å²) in [6, 6.07) is 3.92. The minimum Gasteiger partial charge on any atom is -0.478 e. The number of benzene rings is 1. The Hall–Kier alpha value is -1.50. The fraction of sp³-hybridized carbons (Fsp3) is 0.462. The molecule has 0 fully saturated rings. The molecule has 0 aliphatic rings. The number of aromatic carboxylic acids is 1. The van der Waals surface area contributed by atoms with Crippen molar-refractivity contribution in [2.45, 2.75) is 6.61 Å². The molecule has 0 heterocycles. The van der Waals surface area contributed by atoms with Crippen molar-refractivity contribution in [3.8, 4) is 0 Å². The Morgan fingerprint density at radius 1 is 1.21 bits per heavy atom. The van der Waals surface area contributed by atoms with E-state index in [1.807, 2.05) is 0 Å². The Morgan fingerprint density at radius 3 is 2.53 bits per heavy atom. The van der Waals surface area contributed by atoms with Gasteiger partial charge >= 0.3 is 5.97 Å². The van der Waals surface area contributed by atoms with Gasteiger partial charge in [0.05, 0.1) is 38.6 Å². The molecule has 1 aromatic rings. The predicted octanol–water partition coefficient (Wildman–Crippen LogP) is 1.70. The van der Waals surface area contributed by atoms with Crippen LogP contribution < -0.4 is 0 Å². The lowest BCUT2D eigenvalue weighted by molar-refractivity contribution is 0.0199. The fourth-order valence-corrected chi connectivity index (χ4v) is 1.37. The number of carboxylic acids is 1. The molecule has 1 rings (SSSR count). The van der Waals surface area contributed by atoms with Crippen LogP contribution in [0.1, 0.15) is 15.9 Å². The van der Waals surface area contributed by atoms with Gasteiger partial charge in [-0.05, 0) is 17.7 Å². The fourth-order valence-electron chi connectivity index (χ4n) is 1.37. The first-order chi connectivity index (χ1) is 9.15. The van der Waals surface area contributed by atoms with E-state index < -0.39 is 11.8 Å². The van der Waals surface area contributed by atoms with Gasteiger partial charge < -0.3 is 19.3 Å². The molecule has 106 valence electrons. The highest BCUT2D eigenvalue weighted by Crippen LogP contribution is 2.11. The van der Waals surface area contributed by atoms with Crippen LogP contribution in [0.4, 0.5) is 4.39 Å². The van der Waals surface area contributed by atoms with Crippen LogP contribution in [0.15, 0.2) is 18.2 Å². The van der Waals surface area contributed by atoms with E-state index in [1.54, 1.807) is 7.11 Å². The molecule has 6 heteroatoms. The third-order valence-corrected chi connectivity index (χ3v) is 2.34. The van der Waals surface area contributed by atoms with Crippen LogP contribution in [0.2, 0.25) is 0 Å². The first-order valence-electron chi connectivity index (χ1n) is 5.81. The summed E-state index contributed by atoms with van der Waals surface area (Å²) in [7, 11) is 1.59. The van der Waals surface area contributed by atoms with Gasteiger partial charge in [-0.25, -0.2) is 9.18 Å². The number of hydrogen-bond acceptors (Lipinski definition) is 4. The Labute approximate surface area is 110 Å². The maximum absolute atomic E-state index is 13.3. The molecular formula is C13H17FO5. The van der Waals surface area contributed by atoms with Gasteiger partial charge in [0.2, 0.25) is 0 Å². The molecule has 0 unspecified atom stereocenters. The van der Waals surface area contributed by atoms with E-state index in [0.29, 0.717) is 32.0 Å².